The molecule has 0 atom stereocenters. The molecular weight excluding hydrogens is 354 g/mol. The molecular formula is C22H29N3O3. The Kier molecular flexibility index (Phi) is 8.46. The first-order valence-corrected chi connectivity index (χ1v) is 9.68. The molecule has 0 radical (unpaired) electrons. The first kappa shape index (κ1) is 21.4. The molecule has 1 aliphatic rings. The Balaban J connectivity index is 0.000000878. The van der Waals surface area contributed by atoms with Crippen molar-refractivity contribution in [3.63, 3.8) is 0 Å². The van der Waals surface area contributed by atoms with Crippen LogP contribution in [-0.2, 0) is 22.4 Å². The Labute approximate surface area is 165 Å². The third kappa shape index (κ3) is 7.02. The summed E-state index contributed by atoms with van der Waals surface area (Å²) in [5.74, 6) is 0.894. The molecule has 1 fully saturated rings. The van der Waals surface area contributed by atoms with E-state index in [9.17, 15) is 9.59 Å². The average Bonchev–Trinajstić information content (AvgIpc) is 2.70. The van der Waals surface area contributed by atoms with Crippen molar-refractivity contribution >= 4 is 12.3 Å². The summed E-state index contributed by atoms with van der Waals surface area (Å²) in [5.41, 5.74) is 7.76. The number of piperidine rings is 1. The monoisotopic (exact) mass is 383 g/mol. The van der Waals surface area contributed by atoms with Crippen molar-refractivity contribution < 1.29 is 9.59 Å². The van der Waals surface area contributed by atoms with Crippen molar-refractivity contribution in [1.29, 1.82) is 0 Å². The summed E-state index contributed by atoms with van der Waals surface area (Å²) < 4.78 is 0. The van der Waals surface area contributed by atoms with Crippen molar-refractivity contribution in [2.75, 3.05) is 13.1 Å². The number of nitrogens with one attached hydrogen (secondary N) is 1. The smallest absolute Gasteiger partial charge is 0.247 e. The van der Waals surface area contributed by atoms with Crippen molar-refractivity contribution in [2.45, 2.75) is 39.0 Å². The summed E-state index contributed by atoms with van der Waals surface area (Å²) >= 11 is 0. The average molecular weight is 383 g/mol. The summed E-state index contributed by atoms with van der Waals surface area (Å²) in [6.07, 6.45) is 6.41. The second-order valence-electron chi connectivity index (χ2n) is 7.21. The third-order valence-corrected chi connectivity index (χ3v) is 5.09. The van der Waals surface area contributed by atoms with Crippen molar-refractivity contribution in [3.8, 4) is 0 Å². The van der Waals surface area contributed by atoms with Gasteiger partial charge in [-0.15, -0.1) is 0 Å². The third-order valence-electron chi connectivity index (χ3n) is 5.09. The number of aromatic nitrogens is 1. The van der Waals surface area contributed by atoms with Crippen molar-refractivity contribution in [2.24, 2.45) is 11.7 Å². The van der Waals surface area contributed by atoms with Gasteiger partial charge < -0.3 is 15.6 Å². The van der Waals surface area contributed by atoms with Gasteiger partial charge in [0.05, 0.1) is 0 Å². The number of amides is 2. The zero-order valence-corrected chi connectivity index (χ0v) is 16.4. The first-order chi connectivity index (χ1) is 13.5. The van der Waals surface area contributed by atoms with Crippen LogP contribution in [0.15, 0.2) is 47.4 Å². The lowest BCUT2D eigenvalue weighted by atomic mass is 9.90. The topological polar surface area (TPSA) is 96.3 Å². The molecule has 1 saturated heterocycles. The fraction of sp³-hybridized carbons (Fsp3) is 0.409. The maximum absolute atomic E-state index is 12.4. The highest BCUT2D eigenvalue weighted by atomic mass is 16.2. The summed E-state index contributed by atoms with van der Waals surface area (Å²) in [6.45, 7) is 3.84. The van der Waals surface area contributed by atoms with Gasteiger partial charge in [0.15, 0.2) is 0 Å². The fourth-order valence-corrected chi connectivity index (χ4v) is 3.45. The number of pyridine rings is 1. The number of rotatable bonds is 5. The second-order valence-corrected chi connectivity index (χ2v) is 7.21. The SMILES string of the molecule is Cc1ccc(CC2CCN(C(=O)CCc3ccc(=O)[nH]c3)CC2)cc1.NC=O. The molecule has 0 bridgehead atoms. The molecule has 0 aliphatic carbocycles. The highest BCUT2D eigenvalue weighted by molar-refractivity contribution is 5.76. The number of hydrogen-bond acceptors (Lipinski definition) is 3. The number of primary amides is 1. The highest BCUT2D eigenvalue weighted by Crippen LogP contribution is 2.22. The summed E-state index contributed by atoms with van der Waals surface area (Å²) in [7, 11) is 0. The Morgan fingerprint density at radius 2 is 1.75 bits per heavy atom. The number of carbonyl (C=O) groups excluding carboxylic acids is 2. The first-order valence-electron chi connectivity index (χ1n) is 9.68. The summed E-state index contributed by atoms with van der Waals surface area (Å²) in [4.78, 5) is 36.7. The van der Waals surface area contributed by atoms with Crippen LogP contribution < -0.4 is 11.3 Å². The Hall–Kier alpha value is -2.89. The molecule has 1 aromatic heterocycles. The van der Waals surface area contributed by atoms with Gasteiger partial charge in [-0.2, -0.15) is 0 Å². The molecule has 1 aromatic carbocycles. The van der Waals surface area contributed by atoms with E-state index in [0.29, 0.717) is 18.8 Å². The van der Waals surface area contributed by atoms with Gasteiger partial charge in [0.25, 0.3) is 0 Å². The van der Waals surface area contributed by atoms with E-state index in [1.807, 2.05) is 4.90 Å². The number of aryl methyl sites for hydroxylation is 2. The van der Waals surface area contributed by atoms with Crippen LogP contribution in [0.4, 0.5) is 0 Å². The van der Waals surface area contributed by atoms with E-state index in [1.165, 1.54) is 17.2 Å². The number of nitrogens with zero attached hydrogens (tertiary/aromatic N) is 1. The molecule has 0 spiro atoms. The zero-order valence-electron chi connectivity index (χ0n) is 16.4. The van der Waals surface area contributed by atoms with Crippen LogP contribution in [-0.4, -0.2) is 35.3 Å². The van der Waals surface area contributed by atoms with Gasteiger partial charge in [-0.25, -0.2) is 0 Å². The van der Waals surface area contributed by atoms with Crippen LogP contribution in [0.1, 0.15) is 36.0 Å². The minimum absolute atomic E-state index is 0.106. The van der Waals surface area contributed by atoms with Gasteiger partial charge in [-0.05, 0) is 49.7 Å². The predicted octanol–water partition coefficient (Wildman–Crippen LogP) is 2.20. The number of aromatic amines is 1. The number of carbonyl (C=O) groups is 2. The molecule has 0 unspecified atom stereocenters. The standard InChI is InChI=1S/C21H26N2O2.CH3NO/c1-16-2-4-17(5-3-16)14-18-10-12-23(13-11-18)21(25)9-7-19-6-8-20(24)22-15-19;2-1-3/h2-6,8,15,18H,7,9-14H2,1H3,(H,22,24);1H,(H2,2,3). The Bertz CT molecular complexity index is 786. The number of likely N-dealkylation sites (tertiary alicyclic amines) is 1. The number of nitrogens with two attached hydrogens (primary N) is 1. The summed E-state index contributed by atoms with van der Waals surface area (Å²) in [5, 5.41) is 0. The van der Waals surface area contributed by atoms with Gasteiger partial charge >= 0.3 is 0 Å². The van der Waals surface area contributed by atoms with Gasteiger partial charge in [0.1, 0.15) is 0 Å². The van der Waals surface area contributed by atoms with Crippen LogP contribution >= 0.6 is 0 Å². The minimum atomic E-state index is -0.106. The molecule has 2 aromatic rings. The van der Waals surface area contributed by atoms with E-state index >= 15 is 0 Å². The van der Waals surface area contributed by atoms with E-state index < -0.39 is 0 Å². The van der Waals surface area contributed by atoms with E-state index in [-0.39, 0.29) is 17.9 Å². The van der Waals surface area contributed by atoms with E-state index in [4.69, 9.17) is 4.79 Å². The second kappa shape index (κ2) is 11.1. The number of H-pyrrole nitrogens is 1. The molecule has 1 aliphatic heterocycles. The highest BCUT2D eigenvalue weighted by Gasteiger charge is 2.22. The van der Waals surface area contributed by atoms with Crippen molar-refractivity contribution in [3.05, 3.63) is 69.6 Å². The molecule has 28 heavy (non-hydrogen) atoms. The lowest BCUT2D eigenvalue weighted by Gasteiger charge is -2.32. The zero-order chi connectivity index (χ0) is 20.4. The Morgan fingerprint density at radius 1 is 1.14 bits per heavy atom. The largest absolute Gasteiger partial charge is 0.372 e. The number of hydrogen-bond donors (Lipinski definition) is 2. The van der Waals surface area contributed by atoms with E-state index in [1.54, 1.807) is 12.3 Å². The maximum Gasteiger partial charge on any atom is 0.247 e. The van der Waals surface area contributed by atoms with Crippen LogP contribution in [0.2, 0.25) is 0 Å². The molecule has 3 N–H and O–H groups in total. The lowest BCUT2D eigenvalue weighted by Crippen LogP contribution is -2.39. The molecule has 6 heteroatoms. The molecule has 2 amide bonds. The van der Waals surface area contributed by atoms with E-state index in [2.05, 4.69) is 41.9 Å². The van der Waals surface area contributed by atoms with Gasteiger partial charge in [-0.1, -0.05) is 35.9 Å². The van der Waals surface area contributed by atoms with Crippen LogP contribution in [0, 0.1) is 12.8 Å². The van der Waals surface area contributed by atoms with Crippen LogP contribution in [0.5, 0.6) is 0 Å². The minimum Gasteiger partial charge on any atom is -0.372 e. The number of benzene rings is 1. The quantitative estimate of drug-likeness (QED) is 0.775. The molecule has 6 nitrogen and oxygen atoms in total. The molecule has 0 saturated carbocycles. The lowest BCUT2D eigenvalue weighted by molar-refractivity contribution is -0.132. The molecule has 150 valence electrons. The van der Waals surface area contributed by atoms with Crippen LogP contribution in [0.25, 0.3) is 0 Å². The maximum atomic E-state index is 12.4. The van der Waals surface area contributed by atoms with E-state index in [0.717, 1.165) is 37.9 Å². The normalized spacial score (nSPS) is 14.1. The van der Waals surface area contributed by atoms with Crippen LogP contribution in [0.3, 0.4) is 0 Å². The Morgan fingerprint density at radius 3 is 2.32 bits per heavy atom. The van der Waals surface area contributed by atoms with Gasteiger partial charge in [0, 0.05) is 31.8 Å². The van der Waals surface area contributed by atoms with Gasteiger partial charge in [0.2, 0.25) is 17.9 Å². The van der Waals surface area contributed by atoms with Crippen molar-refractivity contribution in [1.82, 2.24) is 9.88 Å². The summed E-state index contributed by atoms with van der Waals surface area (Å²) in [6, 6.07) is 12.1. The van der Waals surface area contributed by atoms with Gasteiger partial charge in [-0.3, -0.25) is 14.4 Å². The molecule has 2 heterocycles. The predicted molar refractivity (Wildman–Crippen MR) is 110 cm³/mol. The fourth-order valence-electron chi connectivity index (χ4n) is 3.45. The molecule has 3 rings (SSSR count).